The average Bonchev–Trinajstić information content (AvgIpc) is 3.29. The number of hydrogen-bond donors (Lipinski definition) is 0. The molecule has 0 spiro atoms. The molecular formula is C22H14F4OS. The van der Waals surface area contributed by atoms with E-state index < -0.39 is 23.0 Å². The van der Waals surface area contributed by atoms with Crippen LogP contribution in [0.25, 0.3) is 21.2 Å². The van der Waals surface area contributed by atoms with Crippen LogP contribution in [0.3, 0.4) is 0 Å². The van der Waals surface area contributed by atoms with Crippen molar-refractivity contribution in [3.63, 3.8) is 0 Å². The monoisotopic (exact) mass is 402 g/mol. The number of halogens is 4. The van der Waals surface area contributed by atoms with E-state index in [9.17, 15) is 17.6 Å². The highest BCUT2D eigenvalue weighted by atomic mass is 32.1. The van der Waals surface area contributed by atoms with Crippen LogP contribution < -0.4 is 4.74 Å². The number of ether oxygens (including phenoxy) is 1. The highest BCUT2D eigenvalue weighted by Gasteiger charge is 2.62. The highest BCUT2D eigenvalue weighted by molar-refractivity contribution is 7.20. The molecule has 1 aliphatic carbocycles. The number of fused-ring (bicyclic) bond motifs is 2. The normalized spacial score (nSPS) is 19.7. The van der Waals surface area contributed by atoms with Gasteiger partial charge in [-0.05, 0) is 40.8 Å². The molecule has 0 radical (unpaired) electrons. The van der Waals surface area contributed by atoms with Crippen molar-refractivity contribution < 1.29 is 22.3 Å². The first-order valence-electron chi connectivity index (χ1n) is 8.81. The maximum atomic E-state index is 15.0. The Bertz CT molecular complexity index is 1120. The summed E-state index contributed by atoms with van der Waals surface area (Å²) in [5, 5.41) is 0.760. The molecule has 0 atom stereocenters. The van der Waals surface area contributed by atoms with Gasteiger partial charge in [0.05, 0.1) is 6.61 Å². The summed E-state index contributed by atoms with van der Waals surface area (Å²) >= 11 is 1.09. The smallest absolute Gasteiger partial charge is 0.341 e. The van der Waals surface area contributed by atoms with Gasteiger partial charge in [-0.25, -0.2) is 0 Å². The van der Waals surface area contributed by atoms with Crippen molar-refractivity contribution in [2.45, 2.75) is 18.3 Å². The molecule has 3 aromatic rings. The quantitative estimate of drug-likeness (QED) is 0.440. The third-order valence-corrected chi connectivity index (χ3v) is 6.33. The van der Waals surface area contributed by atoms with E-state index in [2.05, 4.69) is 0 Å². The summed E-state index contributed by atoms with van der Waals surface area (Å²) in [6, 6.07) is 13.2. The largest absolute Gasteiger partial charge is 0.493 e. The number of allylic oxidation sites excluding steroid dienone is 4. The summed E-state index contributed by atoms with van der Waals surface area (Å²) in [6.45, 7) is 0.473. The fourth-order valence-electron chi connectivity index (χ4n) is 3.70. The van der Waals surface area contributed by atoms with Crippen molar-refractivity contribution in [1.82, 2.24) is 0 Å². The molecule has 0 fully saturated rings. The van der Waals surface area contributed by atoms with E-state index in [4.69, 9.17) is 4.74 Å². The Kier molecular flexibility index (Phi) is 3.72. The molecule has 2 aromatic carbocycles. The molecule has 0 unspecified atom stereocenters. The topological polar surface area (TPSA) is 9.23 Å². The molecular weight excluding hydrogens is 388 g/mol. The van der Waals surface area contributed by atoms with Gasteiger partial charge in [-0.15, -0.1) is 11.3 Å². The lowest BCUT2D eigenvalue weighted by Gasteiger charge is -2.33. The molecule has 0 amide bonds. The molecule has 1 nitrogen and oxygen atoms in total. The summed E-state index contributed by atoms with van der Waals surface area (Å²) in [5.41, 5.74) is -0.457. The Morgan fingerprint density at radius 2 is 1.61 bits per heavy atom. The van der Waals surface area contributed by atoms with Gasteiger partial charge in [-0.2, -0.15) is 17.6 Å². The summed E-state index contributed by atoms with van der Waals surface area (Å²) < 4.78 is 66.1. The Balaban J connectivity index is 1.64. The van der Waals surface area contributed by atoms with Crippen LogP contribution in [0.2, 0.25) is 0 Å². The molecule has 142 valence electrons. The lowest BCUT2D eigenvalue weighted by molar-refractivity contribution is -0.132. The molecule has 6 heteroatoms. The maximum Gasteiger partial charge on any atom is 0.341 e. The summed E-state index contributed by atoms with van der Waals surface area (Å²) in [5.74, 6) is -8.01. The van der Waals surface area contributed by atoms with Crippen molar-refractivity contribution in [3.05, 3.63) is 76.7 Å². The van der Waals surface area contributed by atoms with Gasteiger partial charge in [0, 0.05) is 27.1 Å². The van der Waals surface area contributed by atoms with Crippen molar-refractivity contribution in [2.24, 2.45) is 0 Å². The van der Waals surface area contributed by atoms with Crippen molar-refractivity contribution in [3.8, 4) is 5.75 Å². The highest BCUT2D eigenvalue weighted by Crippen LogP contribution is 2.54. The number of hydrogen-bond acceptors (Lipinski definition) is 2. The SMILES string of the molecule is FC1(F)C(c2ccc3c(c2)CCO3)=CC=C(c2cc3ccccc3s2)C1(F)F. The Morgan fingerprint density at radius 1 is 0.857 bits per heavy atom. The first-order valence-corrected chi connectivity index (χ1v) is 9.63. The molecule has 5 rings (SSSR count). The molecule has 0 bridgehead atoms. The second-order valence-electron chi connectivity index (χ2n) is 6.88. The van der Waals surface area contributed by atoms with E-state index in [1.54, 1.807) is 36.4 Å². The van der Waals surface area contributed by atoms with Crippen LogP contribution in [-0.4, -0.2) is 18.5 Å². The predicted octanol–water partition coefficient (Wildman–Crippen LogP) is 6.59. The van der Waals surface area contributed by atoms with Crippen LogP contribution in [0.4, 0.5) is 17.6 Å². The van der Waals surface area contributed by atoms with Crippen molar-refractivity contribution in [2.75, 3.05) is 6.61 Å². The van der Waals surface area contributed by atoms with Crippen LogP contribution in [0, 0.1) is 0 Å². The second kappa shape index (κ2) is 5.95. The van der Waals surface area contributed by atoms with Gasteiger partial charge >= 0.3 is 11.8 Å². The van der Waals surface area contributed by atoms with Gasteiger partial charge < -0.3 is 4.74 Å². The molecule has 1 aromatic heterocycles. The Labute approximate surface area is 162 Å². The summed E-state index contributed by atoms with van der Waals surface area (Å²) in [7, 11) is 0. The van der Waals surface area contributed by atoms with Crippen LogP contribution in [0.5, 0.6) is 5.75 Å². The van der Waals surface area contributed by atoms with E-state index >= 15 is 0 Å². The van der Waals surface area contributed by atoms with E-state index in [1.807, 2.05) is 0 Å². The van der Waals surface area contributed by atoms with E-state index in [0.717, 1.165) is 39.1 Å². The fourth-order valence-corrected chi connectivity index (χ4v) is 4.82. The molecule has 2 heterocycles. The van der Waals surface area contributed by atoms with Crippen LogP contribution in [-0.2, 0) is 6.42 Å². The molecule has 0 saturated carbocycles. The van der Waals surface area contributed by atoms with E-state index in [1.165, 1.54) is 12.1 Å². The lowest BCUT2D eigenvalue weighted by Crippen LogP contribution is -2.43. The summed E-state index contributed by atoms with van der Waals surface area (Å²) in [4.78, 5) is 0.156. The minimum Gasteiger partial charge on any atom is -0.493 e. The third kappa shape index (κ3) is 2.44. The van der Waals surface area contributed by atoms with Crippen molar-refractivity contribution in [1.29, 1.82) is 0 Å². The lowest BCUT2D eigenvalue weighted by atomic mass is 9.85. The van der Waals surface area contributed by atoms with Gasteiger partial charge in [0.2, 0.25) is 0 Å². The van der Waals surface area contributed by atoms with Crippen LogP contribution in [0.1, 0.15) is 16.0 Å². The van der Waals surface area contributed by atoms with E-state index in [-0.39, 0.29) is 10.4 Å². The molecule has 0 saturated heterocycles. The number of benzene rings is 2. The van der Waals surface area contributed by atoms with Crippen molar-refractivity contribution >= 4 is 32.6 Å². The number of thiophene rings is 1. The summed E-state index contributed by atoms with van der Waals surface area (Å²) in [6.07, 6.45) is 2.83. The minimum absolute atomic E-state index is 0.0977. The Morgan fingerprint density at radius 3 is 2.43 bits per heavy atom. The fraction of sp³-hybridized carbons (Fsp3) is 0.182. The first kappa shape index (κ1) is 17.5. The molecule has 1 aliphatic heterocycles. The number of alkyl halides is 4. The Hall–Kier alpha value is -2.60. The molecule has 2 aliphatic rings. The average molecular weight is 402 g/mol. The zero-order chi connectivity index (χ0) is 19.5. The van der Waals surface area contributed by atoms with Crippen LogP contribution >= 0.6 is 11.3 Å². The predicted molar refractivity (Wildman–Crippen MR) is 103 cm³/mol. The minimum atomic E-state index is -4.32. The van der Waals surface area contributed by atoms with Crippen LogP contribution in [0.15, 0.2) is 60.7 Å². The molecule has 0 N–H and O–H groups in total. The molecule has 28 heavy (non-hydrogen) atoms. The van der Waals surface area contributed by atoms with Gasteiger partial charge in [-0.1, -0.05) is 36.4 Å². The van der Waals surface area contributed by atoms with Gasteiger partial charge in [0.15, 0.2) is 0 Å². The van der Waals surface area contributed by atoms with E-state index in [0.29, 0.717) is 18.8 Å². The first-order chi connectivity index (χ1) is 13.4. The second-order valence-corrected chi connectivity index (χ2v) is 7.96. The van der Waals surface area contributed by atoms with Gasteiger partial charge in [0.1, 0.15) is 5.75 Å². The zero-order valence-electron chi connectivity index (χ0n) is 14.5. The standard InChI is InChI=1S/C22H14F4OS/c23-21(24)16(13-5-8-18-14(11-13)9-10-27-18)6-7-17(22(21,25)26)20-12-15-3-1-2-4-19(15)28-20/h1-8,11-12H,9-10H2. The number of rotatable bonds is 2. The third-order valence-electron chi connectivity index (χ3n) is 5.18. The van der Waals surface area contributed by atoms with Gasteiger partial charge in [0.25, 0.3) is 0 Å². The zero-order valence-corrected chi connectivity index (χ0v) is 15.3. The van der Waals surface area contributed by atoms with Gasteiger partial charge in [-0.3, -0.25) is 0 Å². The maximum absolute atomic E-state index is 15.0.